The lowest BCUT2D eigenvalue weighted by Gasteiger charge is -2.09. The van der Waals surface area contributed by atoms with E-state index < -0.39 is 0 Å². The molecule has 19 heavy (non-hydrogen) atoms. The van der Waals surface area contributed by atoms with Crippen LogP contribution in [0.25, 0.3) is 10.9 Å². The van der Waals surface area contributed by atoms with E-state index in [0.717, 1.165) is 17.7 Å². The van der Waals surface area contributed by atoms with E-state index in [4.69, 9.17) is 10.7 Å². The molecular formula is C16H22N2S. The van der Waals surface area contributed by atoms with Gasteiger partial charge in [-0.1, -0.05) is 38.0 Å². The van der Waals surface area contributed by atoms with Gasteiger partial charge in [-0.25, -0.2) is 4.98 Å². The molecule has 2 nitrogen and oxygen atoms in total. The van der Waals surface area contributed by atoms with Gasteiger partial charge in [-0.3, -0.25) is 0 Å². The molecule has 2 aromatic rings. The summed E-state index contributed by atoms with van der Waals surface area (Å²) in [7, 11) is 0. The van der Waals surface area contributed by atoms with Crippen molar-refractivity contribution in [2.45, 2.75) is 37.6 Å². The van der Waals surface area contributed by atoms with Crippen LogP contribution in [0.5, 0.6) is 0 Å². The molecule has 2 N–H and O–H groups in total. The number of unbranched alkanes of at least 4 members (excludes halogenated alkanes) is 2. The Kier molecular flexibility index (Phi) is 5.67. The van der Waals surface area contributed by atoms with Crippen molar-refractivity contribution in [3.05, 3.63) is 35.9 Å². The Morgan fingerprint density at radius 2 is 2.05 bits per heavy atom. The number of hydrogen-bond acceptors (Lipinski definition) is 3. The lowest BCUT2D eigenvalue weighted by molar-refractivity contribution is 0.777. The lowest BCUT2D eigenvalue weighted by Crippen LogP contribution is -2.05. The molecule has 0 unspecified atom stereocenters. The summed E-state index contributed by atoms with van der Waals surface area (Å²) < 4.78 is 0. The predicted octanol–water partition coefficient (Wildman–Crippen LogP) is 4.02. The minimum Gasteiger partial charge on any atom is -0.330 e. The predicted molar refractivity (Wildman–Crippen MR) is 84.8 cm³/mol. The average Bonchev–Trinajstić information content (AvgIpc) is 2.44. The molecule has 0 aliphatic heterocycles. The molecule has 1 aromatic heterocycles. The third-order valence-corrected chi connectivity index (χ3v) is 4.28. The summed E-state index contributed by atoms with van der Waals surface area (Å²) in [5, 5.41) is 2.38. The second-order valence-electron chi connectivity index (χ2n) is 4.74. The van der Waals surface area contributed by atoms with Crippen molar-refractivity contribution < 1.29 is 0 Å². The Bertz CT molecular complexity index is 525. The summed E-state index contributed by atoms with van der Waals surface area (Å²) in [4.78, 5) is 4.80. The van der Waals surface area contributed by atoms with Gasteiger partial charge in [0, 0.05) is 5.39 Å². The molecule has 0 saturated heterocycles. The van der Waals surface area contributed by atoms with Crippen LogP contribution in [0, 0.1) is 0 Å². The van der Waals surface area contributed by atoms with Crippen LogP contribution in [0.1, 0.15) is 31.7 Å². The SMILES string of the molecule is CCCCCSc1nc2ccccc2cc1CCN. The molecule has 0 radical (unpaired) electrons. The molecule has 0 fully saturated rings. The maximum atomic E-state index is 5.71. The molecule has 0 spiro atoms. The molecule has 0 saturated carbocycles. The number of rotatable bonds is 7. The van der Waals surface area contributed by atoms with Gasteiger partial charge in [0.15, 0.2) is 0 Å². The second-order valence-corrected chi connectivity index (χ2v) is 5.82. The normalized spacial score (nSPS) is 11.1. The van der Waals surface area contributed by atoms with Crippen LogP contribution in [0.15, 0.2) is 35.4 Å². The van der Waals surface area contributed by atoms with Crippen LogP contribution in [-0.4, -0.2) is 17.3 Å². The van der Waals surface area contributed by atoms with Crippen molar-refractivity contribution in [2.24, 2.45) is 5.73 Å². The smallest absolute Gasteiger partial charge is 0.1000 e. The number of hydrogen-bond donors (Lipinski definition) is 1. The second kappa shape index (κ2) is 7.51. The maximum absolute atomic E-state index is 5.71. The molecular weight excluding hydrogens is 252 g/mol. The molecule has 0 aliphatic carbocycles. The Balaban J connectivity index is 2.20. The van der Waals surface area contributed by atoms with Gasteiger partial charge in [-0.05, 0) is 42.8 Å². The maximum Gasteiger partial charge on any atom is 0.1000 e. The molecule has 102 valence electrons. The standard InChI is InChI=1S/C16H22N2S/c1-2-3-6-11-19-16-14(9-10-17)12-13-7-4-5-8-15(13)18-16/h4-5,7-8,12H,2-3,6,9-11,17H2,1H3. The van der Waals surface area contributed by atoms with E-state index in [9.17, 15) is 0 Å². The molecule has 0 amide bonds. The van der Waals surface area contributed by atoms with Crippen molar-refractivity contribution in [1.82, 2.24) is 4.98 Å². The average molecular weight is 274 g/mol. The highest BCUT2D eigenvalue weighted by molar-refractivity contribution is 7.99. The van der Waals surface area contributed by atoms with E-state index in [0.29, 0.717) is 6.54 Å². The monoisotopic (exact) mass is 274 g/mol. The summed E-state index contributed by atoms with van der Waals surface area (Å²) in [5.74, 6) is 1.15. The summed E-state index contributed by atoms with van der Waals surface area (Å²) >= 11 is 1.88. The van der Waals surface area contributed by atoms with Crippen molar-refractivity contribution in [2.75, 3.05) is 12.3 Å². The molecule has 0 bridgehead atoms. The summed E-state index contributed by atoms with van der Waals surface area (Å²) in [5.41, 5.74) is 8.09. The Hall–Kier alpha value is -1.06. The molecule has 1 heterocycles. The van der Waals surface area contributed by atoms with E-state index in [2.05, 4.69) is 31.2 Å². The first-order valence-corrected chi connectivity index (χ1v) is 8.05. The van der Waals surface area contributed by atoms with Gasteiger partial charge in [0.05, 0.1) is 10.5 Å². The molecule has 0 atom stereocenters. The molecule has 3 heteroatoms. The van der Waals surface area contributed by atoms with Crippen LogP contribution in [0.3, 0.4) is 0 Å². The van der Waals surface area contributed by atoms with Crippen LogP contribution in [-0.2, 0) is 6.42 Å². The van der Waals surface area contributed by atoms with Gasteiger partial charge >= 0.3 is 0 Å². The van der Waals surface area contributed by atoms with Gasteiger partial charge < -0.3 is 5.73 Å². The topological polar surface area (TPSA) is 38.9 Å². The number of aromatic nitrogens is 1. The fourth-order valence-electron chi connectivity index (χ4n) is 2.12. The first-order chi connectivity index (χ1) is 9.35. The van der Waals surface area contributed by atoms with Crippen LogP contribution >= 0.6 is 11.8 Å². The van der Waals surface area contributed by atoms with E-state index in [1.165, 1.54) is 35.2 Å². The third-order valence-electron chi connectivity index (χ3n) is 3.16. The molecule has 0 aliphatic rings. The Morgan fingerprint density at radius 3 is 2.84 bits per heavy atom. The van der Waals surface area contributed by atoms with Gasteiger partial charge in [0.2, 0.25) is 0 Å². The zero-order valence-corrected chi connectivity index (χ0v) is 12.4. The van der Waals surface area contributed by atoms with Crippen molar-refractivity contribution in [3.63, 3.8) is 0 Å². The van der Waals surface area contributed by atoms with Crippen LogP contribution in [0.2, 0.25) is 0 Å². The van der Waals surface area contributed by atoms with Gasteiger partial charge in [0.25, 0.3) is 0 Å². The summed E-state index contributed by atoms with van der Waals surface area (Å²) in [6, 6.07) is 10.6. The highest BCUT2D eigenvalue weighted by Gasteiger charge is 2.06. The van der Waals surface area contributed by atoms with Gasteiger partial charge in [-0.2, -0.15) is 0 Å². The quantitative estimate of drug-likeness (QED) is 0.612. The fraction of sp³-hybridized carbons (Fsp3) is 0.438. The number of nitrogens with zero attached hydrogens (tertiary/aromatic N) is 1. The highest BCUT2D eigenvalue weighted by Crippen LogP contribution is 2.26. The minimum atomic E-state index is 0.683. The Morgan fingerprint density at radius 1 is 1.21 bits per heavy atom. The first-order valence-electron chi connectivity index (χ1n) is 7.06. The number of benzene rings is 1. The molecule has 1 aromatic carbocycles. The van der Waals surface area contributed by atoms with Gasteiger partial charge in [-0.15, -0.1) is 11.8 Å². The summed E-state index contributed by atoms with van der Waals surface area (Å²) in [6.45, 7) is 2.92. The number of pyridine rings is 1. The summed E-state index contributed by atoms with van der Waals surface area (Å²) in [6.07, 6.45) is 4.74. The van der Waals surface area contributed by atoms with Crippen molar-refractivity contribution >= 4 is 22.7 Å². The number of fused-ring (bicyclic) bond motifs is 1. The van der Waals surface area contributed by atoms with E-state index in [-0.39, 0.29) is 0 Å². The van der Waals surface area contributed by atoms with E-state index in [1.807, 2.05) is 17.8 Å². The third kappa shape index (κ3) is 3.95. The van der Waals surface area contributed by atoms with Gasteiger partial charge in [0.1, 0.15) is 0 Å². The minimum absolute atomic E-state index is 0.683. The number of thioether (sulfide) groups is 1. The zero-order chi connectivity index (χ0) is 13.5. The largest absolute Gasteiger partial charge is 0.330 e. The van der Waals surface area contributed by atoms with Crippen LogP contribution < -0.4 is 5.73 Å². The fourth-order valence-corrected chi connectivity index (χ4v) is 3.17. The number of nitrogens with two attached hydrogens (primary N) is 1. The first kappa shape index (κ1) is 14.4. The highest BCUT2D eigenvalue weighted by atomic mass is 32.2. The van der Waals surface area contributed by atoms with Crippen LogP contribution in [0.4, 0.5) is 0 Å². The zero-order valence-electron chi connectivity index (χ0n) is 11.6. The van der Waals surface area contributed by atoms with E-state index >= 15 is 0 Å². The Labute approximate surface area is 119 Å². The number of para-hydroxylation sites is 1. The van der Waals surface area contributed by atoms with E-state index in [1.54, 1.807) is 0 Å². The lowest BCUT2D eigenvalue weighted by atomic mass is 10.1. The van der Waals surface area contributed by atoms with Crippen molar-refractivity contribution in [3.8, 4) is 0 Å². The van der Waals surface area contributed by atoms with Crippen molar-refractivity contribution in [1.29, 1.82) is 0 Å². The molecule has 2 rings (SSSR count).